The third-order valence-electron chi connectivity index (χ3n) is 11.2. The zero-order valence-corrected chi connectivity index (χ0v) is 20.0. The number of hydrogen-bond acceptors (Lipinski definition) is 0. The molecule has 27 heavy (non-hydrogen) atoms. The molecule has 0 aromatic carbocycles. The molecule has 9 fully saturated rings. The van der Waals surface area contributed by atoms with Gasteiger partial charge >= 0.3 is 0 Å². The maximum Gasteiger partial charge on any atom is -0.0241 e. The Hall–Kier alpha value is 0. The molecular weight excluding hydrogens is 324 g/mol. The molecule has 0 radical (unpaired) electrons. The molecule has 6 bridgehead atoms. The van der Waals surface area contributed by atoms with Crippen LogP contribution in [0.25, 0.3) is 0 Å². The Morgan fingerprint density at radius 2 is 0.926 bits per heavy atom. The zero-order valence-electron chi connectivity index (χ0n) is 20.0. The summed E-state index contributed by atoms with van der Waals surface area (Å²) in [5.74, 6) is 5.03. The molecule has 1 unspecified atom stereocenters. The van der Waals surface area contributed by atoms with E-state index in [2.05, 4.69) is 62.3 Å². The van der Waals surface area contributed by atoms with Gasteiger partial charge in [0.15, 0.2) is 0 Å². The van der Waals surface area contributed by atoms with E-state index in [0.717, 1.165) is 56.7 Å². The van der Waals surface area contributed by atoms with Gasteiger partial charge in [0, 0.05) is 0 Å². The predicted molar refractivity (Wildman–Crippen MR) is 118 cm³/mol. The first kappa shape index (κ1) is 20.3. The van der Waals surface area contributed by atoms with Gasteiger partial charge in [0.25, 0.3) is 0 Å². The van der Waals surface area contributed by atoms with Crippen molar-refractivity contribution in [1.29, 1.82) is 0 Å². The predicted octanol–water partition coefficient (Wildman–Crippen LogP) is 8.35. The smallest absolute Gasteiger partial charge is 0.0241 e. The Labute approximate surface area is 170 Å². The van der Waals surface area contributed by atoms with E-state index in [9.17, 15) is 0 Å². The van der Waals surface area contributed by atoms with Gasteiger partial charge in [-0.05, 0) is 108 Å². The largest absolute Gasteiger partial charge is 0.0622 e. The van der Waals surface area contributed by atoms with Gasteiger partial charge in [0.1, 0.15) is 0 Å². The van der Waals surface area contributed by atoms with Crippen LogP contribution in [0.1, 0.15) is 114 Å². The zero-order chi connectivity index (χ0) is 20.0. The van der Waals surface area contributed by atoms with Crippen molar-refractivity contribution in [2.45, 2.75) is 114 Å². The lowest BCUT2D eigenvalue weighted by Crippen LogP contribution is -2.62. The fraction of sp³-hybridized carbons (Fsp3) is 1.00. The van der Waals surface area contributed by atoms with Crippen LogP contribution in [0.5, 0.6) is 0 Å². The molecule has 0 saturated heterocycles. The second-order valence-corrected chi connectivity index (χ2v) is 14.1. The van der Waals surface area contributed by atoms with E-state index in [1.165, 1.54) is 38.5 Å². The number of rotatable bonds is 3. The fourth-order valence-electron chi connectivity index (χ4n) is 8.80. The van der Waals surface area contributed by atoms with Crippen molar-refractivity contribution in [3.8, 4) is 0 Å². The third-order valence-corrected chi connectivity index (χ3v) is 11.2. The van der Waals surface area contributed by atoms with E-state index >= 15 is 0 Å². The van der Waals surface area contributed by atoms with Crippen LogP contribution in [0.3, 0.4) is 0 Å². The number of hydrogen-bond donors (Lipinski definition) is 0. The molecule has 9 saturated carbocycles. The van der Waals surface area contributed by atoms with Gasteiger partial charge in [0.05, 0.1) is 0 Å². The van der Waals surface area contributed by atoms with E-state index in [1.54, 1.807) is 12.8 Å². The van der Waals surface area contributed by atoms with Crippen molar-refractivity contribution < 1.29 is 0 Å². The van der Waals surface area contributed by atoms with Crippen LogP contribution in [-0.2, 0) is 0 Å². The normalized spacial score (nSPS) is 54.7. The Morgan fingerprint density at radius 1 is 0.593 bits per heavy atom. The molecule has 0 spiro atoms. The van der Waals surface area contributed by atoms with E-state index in [0.29, 0.717) is 0 Å². The first-order valence-electron chi connectivity index (χ1n) is 12.3. The molecule has 0 nitrogen and oxygen atoms in total. The van der Waals surface area contributed by atoms with E-state index in [-0.39, 0.29) is 0 Å². The molecule has 0 aliphatic heterocycles. The Morgan fingerprint density at radius 3 is 0.963 bits per heavy atom. The SMILES string of the molecule is CC(C)C12CC(C)(C1)C2.CC(C)C12CC(C)(C1)C2.CC(C)C12CC(C1)C2C. The first-order chi connectivity index (χ1) is 12.3. The summed E-state index contributed by atoms with van der Waals surface area (Å²) in [4.78, 5) is 0. The fourth-order valence-corrected chi connectivity index (χ4v) is 8.80. The lowest BCUT2D eigenvalue weighted by Gasteiger charge is -2.72. The average molecular weight is 373 g/mol. The molecule has 0 aromatic heterocycles. The first-order valence-corrected chi connectivity index (χ1v) is 12.3. The lowest BCUT2D eigenvalue weighted by atomic mass is 9.33. The van der Waals surface area contributed by atoms with Crippen molar-refractivity contribution in [1.82, 2.24) is 0 Å². The molecule has 9 aliphatic rings. The summed E-state index contributed by atoms with van der Waals surface area (Å²) in [5.41, 5.74) is 4.10. The minimum absolute atomic E-state index is 0.810. The van der Waals surface area contributed by atoms with Gasteiger partial charge in [-0.2, -0.15) is 0 Å². The summed E-state index contributed by atoms with van der Waals surface area (Å²) in [6, 6.07) is 0. The molecule has 9 rings (SSSR count). The lowest BCUT2D eigenvalue weighted by molar-refractivity contribution is -0.217. The Balaban J connectivity index is 0.0000001000. The molecule has 0 N–H and O–H groups in total. The summed E-state index contributed by atoms with van der Waals surface area (Å²) in [6.07, 6.45) is 12.2. The van der Waals surface area contributed by atoms with E-state index in [1.807, 2.05) is 0 Å². The summed E-state index contributed by atoms with van der Waals surface area (Å²) >= 11 is 0. The van der Waals surface area contributed by atoms with Crippen LogP contribution < -0.4 is 0 Å². The molecule has 0 amide bonds. The van der Waals surface area contributed by atoms with Crippen molar-refractivity contribution in [2.24, 2.45) is 56.7 Å². The minimum atomic E-state index is 0.810. The maximum absolute atomic E-state index is 2.43. The van der Waals surface area contributed by atoms with Crippen LogP contribution >= 0.6 is 0 Å². The average Bonchev–Trinajstić information content (AvgIpc) is 2.36. The quantitative estimate of drug-likeness (QED) is 0.467. The molecule has 0 aromatic rings. The molecule has 0 heteroatoms. The summed E-state index contributed by atoms with van der Waals surface area (Å²) in [7, 11) is 0. The van der Waals surface area contributed by atoms with Gasteiger partial charge < -0.3 is 0 Å². The van der Waals surface area contributed by atoms with E-state index < -0.39 is 0 Å². The van der Waals surface area contributed by atoms with Crippen LogP contribution in [0, 0.1) is 56.7 Å². The van der Waals surface area contributed by atoms with Crippen LogP contribution in [0.2, 0.25) is 0 Å². The molecule has 1 atom stereocenters. The Bertz CT molecular complexity index is 503. The Kier molecular flexibility index (Phi) is 4.35. The standard InChI is InChI=1S/3C9H16/c2*1-7(2)9-4-8(3,5-9)6-9;1-6(2)9-4-8(5-9)7(9)3/h2*7H,4-6H2,1-3H3;6-8H,4-5H2,1-3H3. The summed E-state index contributed by atoms with van der Waals surface area (Å²) in [6.45, 7) is 21.5. The van der Waals surface area contributed by atoms with Gasteiger partial charge in [-0.15, -0.1) is 0 Å². The molecule has 9 aliphatic carbocycles. The highest BCUT2D eigenvalue weighted by Crippen LogP contribution is 2.76. The highest BCUT2D eigenvalue weighted by atomic mass is 14.7. The summed E-state index contributed by atoms with van der Waals surface area (Å²) < 4.78 is 0. The summed E-state index contributed by atoms with van der Waals surface area (Å²) in [5, 5.41) is 0. The topological polar surface area (TPSA) is 0 Å². The molecular formula is C27H48. The maximum atomic E-state index is 2.43. The van der Waals surface area contributed by atoms with Crippen LogP contribution in [0.15, 0.2) is 0 Å². The van der Waals surface area contributed by atoms with Gasteiger partial charge in [-0.1, -0.05) is 62.3 Å². The minimum Gasteiger partial charge on any atom is -0.0622 e. The van der Waals surface area contributed by atoms with Gasteiger partial charge in [0.2, 0.25) is 0 Å². The van der Waals surface area contributed by atoms with Crippen LogP contribution in [-0.4, -0.2) is 0 Å². The van der Waals surface area contributed by atoms with Crippen molar-refractivity contribution >= 4 is 0 Å². The monoisotopic (exact) mass is 372 g/mol. The second kappa shape index (κ2) is 5.78. The molecule has 156 valence electrons. The molecule has 0 heterocycles. The highest BCUT2D eigenvalue weighted by Gasteiger charge is 2.66. The second-order valence-electron chi connectivity index (χ2n) is 14.1. The van der Waals surface area contributed by atoms with Crippen molar-refractivity contribution in [2.75, 3.05) is 0 Å². The highest BCUT2D eigenvalue weighted by molar-refractivity contribution is 5.16. The van der Waals surface area contributed by atoms with Gasteiger partial charge in [-0.3, -0.25) is 0 Å². The van der Waals surface area contributed by atoms with E-state index in [4.69, 9.17) is 0 Å². The third kappa shape index (κ3) is 2.73. The van der Waals surface area contributed by atoms with Crippen molar-refractivity contribution in [3.63, 3.8) is 0 Å². The van der Waals surface area contributed by atoms with Crippen molar-refractivity contribution in [3.05, 3.63) is 0 Å². The van der Waals surface area contributed by atoms with Crippen LogP contribution in [0.4, 0.5) is 0 Å². The van der Waals surface area contributed by atoms with Gasteiger partial charge in [-0.25, -0.2) is 0 Å².